The fourth-order valence-corrected chi connectivity index (χ4v) is 3.51. The number of likely N-dealkylation sites (N-methyl/N-ethyl adjacent to an activating group) is 1. The molecule has 1 amide bonds. The monoisotopic (exact) mass is 392 g/mol. The maximum atomic E-state index is 13.1. The molecule has 0 aliphatic carbocycles. The normalized spacial score (nSPS) is 17.8. The standard InChI is InChI=1S/C20H23F3N4O/c1-26(2)13-17(28)27-10-4-6-15(12-27)19-18(24-8-9-25-19)14-5-3-7-16(11-14)20(21,22)23/h3,5,7-9,11,15H,4,6,10,12-13H2,1-2H3/t15-/m1/s1. The first-order valence-electron chi connectivity index (χ1n) is 9.16. The zero-order valence-corrected chi connectivity index (χ0v) is 15.9. The summed E-state index contributed by atoms with van der Waals surface area (Å²) in [4.78, 5) is 24.8. The molecule has 150 valence electrons. The van der Waals surface area contributed by atoms with Gasteiger partial charge in [-0.25, -0.2) is 0 Å². The Morgan fingerprint density at radius 3 is 2.71 bits per heavy atom. The van der Waals surface area contributed by atoms with E-state index in [9.17, 15) is 18.0 Å². The van der Waals surface area contributed by atoms with Crippen molar-refractivity contribution < 1.29 is 18.0 Å². The summed E-state index contributed by atoms with van der Waals surface area (Å²) in [5, 5.41) is 0. The number of benzene rings is 1. The molecule has 2 heterocycles. The first-order valence-corrected chi connectivity index (χ1v) is 9.16. The van der Waals surface area contributed by atoms with E-state index in [1.54, 1.807) is 17.2 Å². The minimum atomic E-state index is -4.42. The van der Waals surface area contributed by atoms with Gasteiger partial charge in [-0.1, -0.05) is 12.1 Å². The summed E-state index contributed by atoms with van der Waals surface area (Å²) in [6.45, 7) is 1.51. The number of amides is 1. The highest BCUT2D eigenvalue weighted by Gasteiger charge is 2.32. The van der Waals surface area contributed by atoms with Gasteiger partial charge in [0.05, 0.1) is 23.5 Å². The third-order valence-corrected chi connectivity index (χ3v) is 4.80. The molecule has 0 saturated carbocycles. The Morgan fingerprint density at radius 1 is 1.25 bits per heavy atom. The molecule has 1 aromatic heterocycles. The van der Waals surface area contributed by atoms with Crippen LogP contribution in [-0.2, 0) is 11.0 Å². The molecular weight excluding hydrogens is 369 g/mol. The molecule has 8 heteroatoms. The number of alkyl halides is 3. The number of nitrogens with zero attached hydrogens (tertiary/aromatic N) is 4. The van der Waals surface area contributed by atoms with Crippen LogP contribution in [0.25, 0.3) is 11.3 Å². The third kappa shape index (κ3) is 4.67. The van der Waals surface area contributed by atoms with E-state index in [0.717, 1.165) is 25.0 Å². The highest BCUT2D eigenvalue weighted by Crippen LogP contribution is 2.35. The van der Waals surface area contributed by atoms with Gasteiger partial charge in [0, 0.05) is 37.0 Å². The fraction of sp³-hybridized carbons (Fsp3) is 0.450. The number of likely N-dealkylation sites (tertiary alicyclic amines) is 1. The lowest BCUT2D eigenvalue weighted by atomic mass is 9.91. The van der Waals surface area contributed by atoms with Crippen LogP contribution in [0.1, 0.15) is 30.0 Å². The minimum absolute atomic E-state index is 0.0409. The van der Waals surface area contributed by atoms with Crippen LogP contribution in [0.5, 0.6) is 0 Å². The van der Waals surface area contributed by atoms with Crippen molar-refractivity contribution in [3.8, 4) is 11.3 Å². The average molecular weight is 392 g/mol. The molecule has 0 N–H and O–H groups in total. The molecule has 0 unspecified atom stereocenters. The molecule has 3 rings (SSSR count). The van der Waals surface area contributed by atoms with Crippen LogP contribution in [0.2, 0.25) is 0 Å². The average Bonchev–Trinajstić information content (AvgIpc) is 2.67. The van der Waals surface area contributed by atoms with Gasteiger partial charge in [0.2, 0.25) is 5.91 Å². The van der Waals surface area contributed by atoms with Crippen molar-refractivity contribution >= 4 is 5.91 Å². The second-order valence-corrected chi connectivity index (χ2v) is 7.29. The number of hydrogen-bond acceptors (Lipinski definition) is 4. The quantitative estimate of drug-likeness (QED) is 0.800. The Bertz CT molecular complexity index is 838. The van der Waals surface area contributed by atoms with Gasteiger partial charge in [-0.3, -0.25) is 14.8 Å². The van der Waals surface area contributed by atoms with E-state index in [4.69, 9.17) is 0 Å². The third-order valence-electron chi connectivity index (χ3n) is 4.80. The van der Waals surface area contributed by atoms with E-state index in [2.05, 4.69) is 9.97 Å². The molecule has 1 aliphatic heterocycles. The lowest BCUT2D eigenvalue weighted by molar-refractivity contribution is -0.137. The summed E-state index contributed by atoms with van der Waals surface area (Å²) >= 11 is 0. The van der Waals surface area contributed by atoms with Crippen LogP contribution in [-0.4, -0.2) is 59.4 Å². The zero-order chi connectivity index (χ0) is 20.3. The predicted molar refractivity (Wildman–Crippen MR) is 99.6 cm³/mol. The minimum Gasteiger partial charge on any atom is -0.341 e. The molecule has 28 heavy (non-hydrogen) atoms. The molecule has 0 radical (unpaired) electrons. The first kappa shape index (κ1) is 20.3. The van der Waals surface area contributed by atoms with Gasteiger partial charge >= 0.3 is 6.18 Å². The van der Waals surface area contributed by atoms with E-state index in [0.29, 0.717) is 36.6 Å². The smallest absolute Gasteiger partial charge is 0.341 e. The molecule has 2 aromatic rings. The Labute approximate surface area is 162 Å². The Balaban J connectivity index is 1.89. The SMILES string of the molecule is CN(C)CC(=O)N1CCC[C@@H](c2nccnc2-c2cccc(C(F)(F)F)c2)C1. The highest BCUT2D eigenvalue weighted by molar-refractivity contribution is 5.78. The van der Waals surface area contributed by atoms with E-state index in [-0.39, 0.29) is 11.8 Å². The van der Waals surface area contributed by atoms with Crippen molar-refractivity contribution in [2.24, 2.45) is 0 Å². The Hall–Kier alpha value is -2.48. The summed E-state index contributed by atoms with van der Waals surface area (Å²) < 4.78 is 39.3. The maximum absolute atomic E-state index is 13.1. The largest absolute Gasteiger partial charge is 0.416 e. The van der Waals surface area contributed by atoms with Gasteiger partial charge in [-0.05, 0) is 39.1 Å². The fourth-order valence-electron chi connectivity index (χ4n) is 3.51. The summed E-state index contributed by atoms with van der Waals surface area (Å²) in [6.07, 6.45) is 0.251. The van der Waals surface area contributed by atoms with Crippen LogP contribution >= 0.6 is 0 Å². The molecular formula is C20H23F3N4O. The number of piperidine rings is 1. The van der Waals surface area contributed by atoms with Crippen molar-refractivity contribution in [2.75, 3.05) is 33.7 Å². The number of aromatic nitrogens is 2. The van der Waals surface area contributed by atoms with Crippen LogP contribution in [0.3, 0.4) is 0 Å². The van der Waals surface area contributed by atoms with Crippen LogP contribution in [0, 0.1) is 0 Å². The predicted octanol–water partition coefficient (Wildman–Crippen LogP) is 3.43. The topological polar surface area (TPSA) is 49.3 Å². The zero-order valence-electron chi connectivity index (χ0n) is 15.9. The van der Waals surface area contributed by atoms with Crippen molar-refractivity contribution in [3.63, 3.8) is 0 Å². The molecule has 1 saturated heterocycles. The molecule has 1 aliphatic rings. The molecule has 1 atom stereocenters. The van der Waals surface area contributed by atoms with Crippen molar-refractivity contribution in [3.05, 3.63) is 47.9 Å². The number of carbonyl (C=O) groups excluding carboxylic acids is 1. The Morgan fingerprint density at radius 2 is 2.00 bits per heavy atom. The molecule has 1 fully saturated rings. The van der Waals surface area contributed by atoms with Crippen LogP contribution < -0.4 is 0 Å². The van der Waals surface area contributed by atoms with Crippen molar-refractivity contribution in [1.82, 2.24) is 19.8 Å². The highest BCUT2D eigenvalue weighted by atomic mass is 19.4. The van der Waals surface area contributed by atoms with Crippen molar-refractivity contribution in [2.45, 2.75) is 24.9 Å². The summed E-state index contributed by atoms with van der Waals surface area (Å²) in [6, 6.07) is 5.14. The number of rotatable bonds is 4. The second kappa shape index (κ2) is 8.26. The molecule has 5 nitrogen and oxygen atoms in total. The van der Waals surface area contributed by atoms with Gasteiger partial charge in [-0.2, -0.15) is 13.2 Å². The number of carbonyl (C=O) groups is 1. The molecule has 0 bridgehead atoms. The van der Waals surface area contributed by atoms with Gasteiger partial charge in [0.15, 0.2) is 0 Å². The van der Waals surface area contributed by atoms with Gasteiger partial charge in [0.1, 0.15) is 0 Å². The van der Waals surface area contributed by atoms with Crippen LogP contribution in [0.4, 0.5) is 13.2 Å². The van der Waals surface area contributed by atoms with E-state index in [1.165, 1.54) is 12.3 Å². The van der Waals surface area contributed by atoms with Gasteiger partial charge in [0.25, 0.3) is 0 Å². The summed E-state index contributed by atoms with van der Waals surface area (Å²) in [7, 11) is 3.68. The first-order chi connectivity index (χ1) is 13.3. The molecule has 0 spiro atoms. The lowest BCUT2D eigenvalue weighted by Gasteiger charge is -2.33. The number of halogens is 3. The van der Waals surface area contributed by atoms with Gasteiger partial charge in [-0.15, -0.1) is 0 Å². The number of hydrogen-bond donors (Lipinski definition) is 0. The van der Waals surface area contributed by atoms with Gasteiger partial charge < -0.3 is 9.80 Å². The molecule has 1 aromatic carbocycles. The van der Waals surface area contributed by atoms with Crippen molar-refractivity contribution in [1.29, 1.82) is 0 Å². The second-order valence-electron chi connectivity index (χ2n) is 7.29. The summed E-state index contributed by atoms with van der Waals surface area (Å²) in [5.74, 6) is -0.0164. The maximum Gasteiger partial charge on any atom is 0.416 e. The van der Waals surface area contributed by atoms with Crippen LogP contribution in [0.15, 0.2) is 36.7 Å². The van der Waals surface area contributed by atoms with E-state index >= 15 is 0 Å². The summed E-state index contributed by atoms with van der Waals surface area (Å²) in [5.41, 5.74) is 0.757. The van der Waals surface area contributed by atoms with E-state index in [1.807, 2.05) is 19.0 Å². The van der Waals surface area contributed by atoms with E-state index < -0.39 is 11.7 Å². The Kier molecular flexibility index (Phi) is 5.98. The lowest BCUT2D eigenvalue weighted by Crippen LogP contribution is -2.43.